The molecule has 0 bridgehead atoms. The average Bonchev–Trinajstić information content (AvgIpc) is 2.94. The Morgan fingerprint density at radius 2 is 1.77 bits per heavy atom. The first-order chi connectivity index (χ1) is 10.8. The van der Waals surface area contributed by atoms with Crippen LogP contribution in [0.25, 0.3) is 11.0 Å². The summed E-state index contributed by atoms with van der Waals surface area (Å²) in [6.07, 6.45) is 2.38. The highest BCUT2D eigenvalue weighted by molar-refractivity contribution is 6.03. The van der Waals surface area contributed by atoms with Gasteiger partial charge in [-0.25, -0.2) is 0 Å². The van der Waals surface area contributed by atoms with Crippen molar-refractivity contribution < 1.29 is 9.63 Å². The van der Waals surface area contributed by atoms with Crippen LogP contribution in [0.2, 0.25) is 0 Å². The highest BCUT2D eigenvalue weighted by Gasteiger charge is 2.48. The molecule has 0 aliphatic heterocycles. The molecule has 0 spiro atoms. The zero-order valence-electron chi connectivity index (χ0n) is 12.0. The SMILES string of the molecule is O=C(c1ccccc1)C1(On2nnc3ccccc32)CCC1. The minimum Gasteiger partial charge on any atom is -0.380 e. The number of aromatic nitrogens is 3. The van der Waals surface area contributed by atoms with E-state index < -0.39 is 5.60 Å². The summed E-state index contributed by atoms with van der Waals surface area (Å²) in [6.45, 7) is 0. The van der Waals surface area contributed by atoms with Crippen molar-refractivity contribution in [1.82, 2.24) is 15.2 Å². The minimum absolute atomic E-state index is 0.0129. The van der Waals surface area contributed by atoms with Crippen molar-refractivity contribution >= 4 is 16.8 Å². The zero-order valence-corrected chi connectivity index (χ0v) is 12.0. The predicted molar refractivity (Wildman–Crippen MR) is 81.5 cm³/mol. The molecule has 2 aromatic carbocycles. The van der Waals surface area contributed by atoms with Gasteiger partial charge < -0.3 is 4.84 Å². The van der Waals surface area contributed by atoms with E-state index in [0.29, 0.717) is 18.4 Å². The first kappa shape index (κ1) is 13.0. The van der Waals surface area contributed by atoms with E-state index in [2.05, 4.69) is 10.3 Å². The standard InChI is InChI=1S/C17H15N3O2/c21-16(13-7-2-1-3-8-13)17(11-6-12-17)22-20-15-10-5-4-9-14(15)18-19-20/h1-5,7-10H,6,11-12H2. The van der Waals surface area contributed by atoms with Gasteiger partial charge in [0.2, 0.25) is 5.78 Å². The van der Waals surface area contributed by atoms with Crippen LogP contribution in [0, 0.1) is 0 Å². The molecule has 5 heteroatoms. The van der Waals surface area contributed by atoms with Crippen molar-refractivity contribution in [2.24, 2.45) is 0 Å². The molecule has 1 aromatic heterocycles. The summed E-state index contributed by atoms with van der Waals surface area (Å²) in [4.78, 5) is 20.2. The second-order valence-electron chi connectivity index (χ2n) is 5.59. The third-order valence-corrected chi connectivity index (χ3v) is 4.19. The normalized spacial score (nSPS) is 16.2. The fourth-order valence-electron chi connectivity index (χ4n) is 2.79. The quantitative estimate of drug-likeness (QED) is 0.694. The van der Waals surface area contributed by atoms with E-state index in [4.69, 9.17) is 4.84 Å². The van der Waals surface area contributed by atoms with E-state index in [-0.39, 0.29) is 5.78 Å². The van der Waals surface area contributed by atoms with E-state index in [1.54, 1.807) is 0 Å². The molecule has 0 unspecified atom stereocenters. The third kappa shape index (κ3) is 1.97. The Morgan fingerprint density at radius 1 is 1.05 bits per heavy atom. The summed E-state index contributed by atoms with van der Waals surface area (Å²) in [6, 6.07) is 16.8. The highest BCUT2D eigenvalue weighted by Crippen LogP contribution is 2.36. The van der Waals surface area contributed by atoms with Gasteiger partial charge in [-0.05, 0) is 36.6 Å². The molecule has 1 saturated carbocycles. The van der Waals surface area contributed by atoms with Gasteiger partial charge in [0, 0.05) is 5.56 Å². The molecule has 110 valence electrons. The number of benzene rings is 2. The van der Waals surface area contributed by atoms with Crippen molar-refractivity contribution in [2.45, 2.75) is 24.9 Å². The molecule has 3 aromatic rings. The van der Waals surface area contributed by atoms with Crippen LogP contribution in [0.5, 0.6) is 0 Å². The van der Waals surface area contributed by atoms with E-state index >= 15 is 0 Å². The van der Waals surface area contributed by atoms with Crippen LogP contribution in [0.3, 0.4) is 0 Å². The van der Waals surface area contributed by atoms with Gasteiger partial charge in [-0.15, -0.1) is 5.10 Å². The molecule has 0 atom stereocenters. The van der Waals surface area contributed by atoms with Gasteiger partial charge >= 0.3 is 0 Å². The fourth-order valence-corrected chi connectivity index (χ4v) is 2.79. The van der Waals surface area contributed by atoms with Crippen LogP contribution in [0.1, 0.15) is 29.6 Å². The van der Waals surface area contributed by atoms with Gasteiger partial charge in [0.05, 0.1) is 0 Å². The monoisotopic (exact) mass is 293 g/mol. The number of carbonyl (C=O) groups excluding carboxylic acids is 1. The smallest absolute Gasteiger partial charge is 0.209 e. The zero-order chi connectivity index (χ0) is 15.0. The number of hydrogen-bond donors (Lipinski definition) is 0. The third-order valence-electron chi connectivity index (χ3n) is 4.19. The number of fused-ring (bicyclic) bond motifs is 1. The topological polar surface area (TPSA) is 57.0 Å². The predicted octanol–water partition coefficient (Wildman–Crippen LogP) is 2.67. The van der Waals surface area contributed by atoms with Gasteiger partial charge in [-0.1, -0.05) is 47.3 Å². The maximum Gasteiger partial charge on any atom is 0.209 e. The minimum atomic E-state index is -0.822. The summed E-state index contributed by atoms with van der Waals surface area (Å²) in [5.41, 5.74) is 1.38. The molecule has 1 aliphatic carbocycles. The van der Waals surface area contributed by atoms with Crippen LogP contribution in [-0.4, -0.2) is 26.5 Å². The highest BCUT2D eigenvalue weighted by atomic mass is 16.7. The summed E-state index contributed by atoms with van der Waals surface area (Å²) in [5, 5.41) is 8.10. The fraction of sp³-hybridized carbons (Fsp3) is 0.235. The summed E-state index contributed by atoms with van der Waals surface area (Å²) < 4.78 is 0. The average molecular weight is 293 g/mol. The van der Waals surface area contributed by atoms with Gasteiger partial charge in [0.25, 0.3) is 0 Å². The molecular weight excluding hydrogens is 278 g/mol. The molecule has 0 amide bonds. The van der Waals surface area contributed by atoms with E-state index in [9.17, 15) is 4.79 Å². The second-order valence-corrected chi connectivity index (χ2v) is 5.59. The van der Waals surface area contributed by atoms with Crippen molar-refractivity contribution in [1.29, 1.82) is 0 Å². The van der Waals surface area contributed by atoms with Crippen molar-refractivity contribution in [3.8, 4) is 0 Å². The lowest BCUT2D eigenvalue weighted by Crippen LogP contribution is -2.54. The maximum atomic E-state index is 12.8. The first-order valence-corrected chi connectivity index (χ1v) is 7.38. The Balaban J connectivity index is 1.69. The van der Waals surface area contributed by atoms with Gasteiger partial charge in [0.15, 0.2) is 5.60 Å². The van der Waals surface area contributed by atoms with Crippen LogP contribution >= 0.6 is 0 Å². The molecular formula is C17H15N3O2. The Labute approximate surface area is 127 Å². The Hall–Kier alpha value is -2.69. The van der Waals surface area contributed by atoms with E-state index in [1.165, 1.54) is 4.85 Å². The molecule has 0 radical (unpaired) electrons. The molecule has 1 fully saturated rings. The lowest BCUT2D eigenvalue weighted by atomic mass is 9.75. The number of Topliss-reactive ketones (excluding diaryl/α,β-unsaturated/α-hetero) is 1. The van der Waals surface area contributed by atoms with E-state index in [1.807, 2.05) is 54.6 Å². The van der Waals surface area contributed by atoms with Crippen molar-refractivity contribution in [3.05, 3.63) is 60.2 Å². The van der Waals surface area contributed by atoms with Gasteiger partial charge in [0.1, 0.15) is 11.0 Å². The van der Waals surface area contributed by atoms with Gasteiger partial charge in [-0.2, -0.15) is 0 Å². The Morgan fingerprint density at radius 3 is 2.50 bits per heavy atom. The molecule has 4 rings (SSSR count). The number of hydrogen-bond acceptors (Lipinski definition) is 4. The van der Waals surface area contributed by atoms with Crippen LogP contribution < -0.4 is 4.84 Å². The molecule has 5 nitrogen and oxygen atoms in total. The molecule has 1 aliphatic rings. The first-order valence-electron chi connectivity index (χ1n) is 7.38. The Kier molecular flexibility index (Phi) is 2.92. The number of carbonyl (C=O) groups is 1. The number of para-hydroxylation sites is 1. The van der Waals surface area contributed by atoms with Crippen LogP contribution in [-0.2, 0) is 0 Å². The summed E-state index contributed by atoms with van der Waals surface area (Å²) in [5.74, 6) is 0.0129. The summed E-state index contributed by atoms with van der Waals surface area (Å²) >= 11 is 0. The molecule has 0 N–H and O–H groups in total. The van der Waals surface area contributed by atoms with Crippen molar-refractivity contribution in [2.75, 3.05) is 0 Å². The molecule has 1 heterocycles. The van der Waals surface area contributed by atoms with Crippen LogP contribution in [0.4, 0.5) is 0 Å². The van der Waals surface area contributed by atoms with E-state index in [0.717, 1.165) is 17.5 Å². The van der Waals surface area contributed by atoms with Crippen LogP contribution in [0.15, 0.2) is 54.6 Å². The van der Waals surface area contributed by atoms with Crippen molar-refractivity contribution in [3.63, 3.8) is 0 Å². The molecule has 22 heavy (non-hydrogen) atoms. The summed E-state index contributed by atoms with van der Waals surface area (Å²) in [7, 11) is 0. The maximum absolute atomic E-state index is 12.8. The Bertz CT molecular complexity index is 822. The largest absolute Gasteiger partial charge is 0.380 e. The molecule has 0 saturated heterocycles. The number of nitrogens with zero attached hydrogens (tertiary/aromatic N) is 3. The lowest BCUT2D eigenvalue weighted by Gasteiger charge is -2.38. The second kappa shape index (κ2) is 4.94. The number of rotatable bonds is 4. The lowest BCUT2D eigenvalue weighted by molar-refractivity contribution is -0.0865. The van der Waals surface area contributed by atoms with Gasteiger partial charge in [-0.3, -0.25) is 4.79 Å². The number of ketones is 1.